The van der Waals surface area contributed by atoms with Crippen LogP contribution in [-0.4, -0.2) is 36.9 Å². The Morgan fingerprint density at radius 2 is 1.12 bits per heavy atom. The average molecular weight is 1170 g/mol. The smallest absolute Gasteiger partial charge is 0.139 e. The zero-order chi connectivity index (χ0) is 62.4. The van der Waals surface area contributed by atoms with E-state index in [0.29, 0.717) is 0 Å². The summed E-state index contributed by atoms with van der Waals surface area (Å²) in [6, 6.07) is 71.9. The molecule has 0 aromatic heterocycles. The number of hydrogen-bond donors (Lipinski definition) is 2. The van der Waals surface area contributed by atoms with Crippen molar-refractivity contribution in [2.24, 2.45) is 0 Å². The minimum absolute atomic E-state index is 0.518. The predicted molar refractivity (Wildman–Crippen MR) is 398 cm³/mol. The molecule has 0 saturated heterocycles. The third kappa shape index (κ3) is 8.00. The Hall–Kier alpha value is -9.38. The van der Waals surface area contributed by atoms with Gasteiger partial charge in [-0.15, -0.1) is 10.9 Å². The molecule has 2 atom stereocenters. The third-order valence-electron chi connectivity index (χ3n) is 22.7. The lowest BCUT2D eigenvalue weighted by Gasteiger charge is -2.64. The lowest BCUT2D eigenvalue weighted by Crippen LogP contribution is -2.61. The number of benzene rings is 10. The van der Waals surface area contributed by atoms with Gasteiger partial charge in [0.2, 0.25) is 0 Å². The van der Waals surface area contributed by atoms with Crippen LogP contribution < -0.4 is 42.3 Å². The number of rotatable bonds is 9. The molecule has 8 heteroatoms. The fraction of sp³-hybridized carbons (Fsp3) is 0.181. The van der Waals surface area contributed by atoms with Gasteiger partial charge in [-0.1, -0.05) is 193 Å². The van der Waals surface area contributed by atoms with Crippen LogP contribution in [0.4, 0.5) is 51.2 Å². The van der Waals surface area contributed by atoms with Crippen LogP contribution in [0.5, 0.6) is 0 Å². The molecule has 4 nitrogen and oxygen atoms in total. The van der Waals surface area contributed by atoms with Crippen molar-refractivity contribution >= 4 is 116 Å². The molecule has 0 bridgehead atoms. The Labute approximate surface area is 542 Å². The Bertz CT molecular complexity index is 4810. The quantitative estimate of drug-likeness (QED) is 0.141. The van der Waals surface area contributed by atoms with Crippen molar-refractivity contribution in [2.45, 2.75) is 96.9 Å². The van der Waals surface area contributed by atoms with Gasteiger partial charge in [0.1, 0.15) is 31.4 Å². The van der Waals surface area contributed by atoms with Crippen molar-refractivity contribution in [3.05, 3.63) is 301 Å². The van der Waals surface area contributed by atoms with Crippen LogP contribution in [0.15, 0.2) is 224 Å². The number of para-hydroxylation sites is 6. The average Bonchev–Trinajstić information content (AvgIpc) is 0.648. The van der Waals surface area contributed by atoms with E-state index in [1.807, 2.05) is 0 Å². The highest BCUT2D eigenvalue weighted by atomic mass is 15.2. The van der Waals surface area contributed by atoms with E-state index in [1.54, 1.807) is 0 Å². The lowest BCUT2D eigenvalue weighted by atomic mass is 9.49. The van der Waals surface area contributed by atoms with Crippen molar-refractivity contribution in [3.8, 4) is 11.1 Å². The monoisotopic (exact) mass is 1170 g/mol. The van der Waals surface area contributed by atoms with E-state index in [4.69, 9.17) is 0 Å². The molecule has 0 saturated carbocycles. The Morgan fingerprint density at radius 3 is 1.80 bits per heavy atom. The van der Waals surface area contributed by atoms with Gasteiger partial charge in [0.15, 0.2) is 0 Å². The molecule has 0 radical (unpaired) electrons. The van der Waals surface area contributed by atoms with E-state index in [9.17, 15) is 0 Å². The molecule has 3 aliphatic carbocycles. The van der Waals surface area contributed by atoms with Crippen LogP contribution in [0.1, 0.15) is 124 Å². The zero-order valence-electron chi connectivity index (χ0n) is 54.6. The summed E-state index contributed by atoms with van der Waals surface area (Å²) in [6.07, 6.45) is 14.4. The number of allylic oxidation sites excluding steroid dienone is 6. The topological polar surface area (TPSA) is 30.5 Å². The molecule has 0 amide bonds. The molecule has 16 rings (SSSR count). The van der Waals surface area contributed by atoms with E-state index < -0.39 is 16.4 Å². The lowest BCUT2D eigenvalue weighted by molar-refractivity contribution is 0.394. The van der Waals surface area contributed by atoms with E-state index in [1.165, 1.54) is 162 Å². The van der Waals surface area contributed by atoms with Crippen LogP contribution in [0, 0.1) is 27.7 Å². The van der Waals surface area contributed by atoms with Gasteiger partial charge < -0.3 is 20.4 Å². The normalized spacial score (nSPS) is 18.5. The van der Waals surface area contributed by atoms with Crippen molar-refractivity contribution in [3.63, 3.8) is 0 Å². The molecule has 91 heavy (non-hydrogen) atoms. The predicted octanol–water partition coefficient (Wildman–Crippen LogP) is 14.6. The summed E-state index contributed by atoms with van der Waals surface area (Å²) in [4.78, 5) is 5.45. The second kappa shape index (κ2) is 21.1. The van der Waals surface area contributed by atoms with Crippen LogP contribution in [0.3, 0.4) is 0 Å². The second-order valence-electron chi connectivity index (χ2n) is 27.2. The van der Waals surface area contributed by atoms with Gasteiger partial charge in [-0.2, -0.15) is 0 Å². The molecule has 440 valence electrons. The first-order valence-corrected chi connectivity index (χ1v) is 33.1. The third-order valence-corrected chi connectivity index (χ3v) is 22.7. The Kier molecular flexibility index (Phi) is 13.2. The summed E-state index contributed by atoms with van der Waals surface area (Å²) in [6.45, 7) is 16.7. The largest absolute Gasteiger partial charge is 0.354 e. The summed E-state index contributed by atoms with van der Waals surface area (Å²) in [7, 11) is 9.37. The summed E-state index contributed by atoms with van der Waals surface area (Å²) in [5.74, 6) is 0. The maximum Gasteiger partial charge on any atom is 0.139 e. The first kappa shape index (κ1) is 56.8. The van der Waals surface area contributed by atoms with Crippen LogP contribution in [0.25, 0.3) is 22.3 Å². The summed E-state index contributed by atoms with van der Waals surface area (Å²) in [5.41, 5.74) is 41.0. The summed E-state index contributed by atoms with van der Waals surface area (Å²) >= 11 is 0. The number of hydrogen-bond acceptors (Lipinski definition) is 4. The molecule has 2 unspecified atom stereocenters. The molecule has 2 N–H and O–H groups in total. The molecule has 3 heterocycles. The van der Waals surface area contributed by atoms with Gasteiger partial charge in [0, 0.05) is 33.6 Å². The van der Waals surface area contributed by atoms with Gasteiger partial charge in [-0.3, -0.25) is 0 Å². The fourth-order valence-corrected chi connectivity index (χ4v) is 18.0. The van der Waals surface area contributed by atoms with Gasteiger partial charge in [-0.05, 0) is 211 Å². The minimum Gasteiger partial charge on any atom is -0.354 e. The first-order chi connectivity index (χ1) is 44.2. The van der Waals surface area contributed by atoms with Gasteiger partial charge in [0.25, 0.3) is 0 Å². The highest BCUT2D eigenvalue weighted by Gasteiger charge is 2.63. The minimum atomic E-state index is -0.691. The first-order valence-electron chi connectivity index (χ1n) is 33.1. The van der Waals surface area contributed by atoms with E-state index in [-0.39, 0.29) is 0 Å². The number of nitrogens with one attached hydrogen (secondary N) is 2. The molecule has 1 spiro atoms. The molecule has 0 fully saturated rings. The van der Waals surface area contributed by atoms with Crippen molar-refractivity contribution in [1.82, 2.24) is 0 Å². The molecule has 3 aliphatic heterocycles. The van der Waals surface area contributed by atoms with Crippen molar-refractivity contribution < 1.29 is 0 Å². The maximum absolute atomic E-state index is 4.31. The standard InChI is InChI=1S/C83H76B4N4/c1-8-82-71-46-60(72-52(6)75(84)77(86)78(87)76(72)85)50(4)47-81(71,7)91-70-40-22-17-34-63(70)83(61-32-15-20-38-68(61)90(69-39-21-16-33-62(69)83)57-43-48(2)51(5)49(3)44-57)64-42-41-56(74(82)80(64)91)45-55-29-23-37-67(73(55)82)88-65-35-18-19-36-66(65)89-79-58(53-25-11-9-12-26-53)30-24-31-59(79)54-27-13-10-14-28-54/h9,11-13,15-44,46,88-89H,8,10,14,45,47,84-87H2,1-7H3. The van der Waals surface area contributed by atoms with Gasteiger partial charge >= 0.3 is 0 Å². The molecule has 6 aliphatic rings. The Morgan fingerprint density at radius 1 is 0.527 bits per heavy atom. The van der Waals surface area contributed by atoms with E-state index in [0.717, 1.165) is 54.9 Å². The summed E-state index contributed by atoms with van der Waals surface area (Å²) < 4.78 is 0. The Balaban J connectivity index is 0.973. The number of aryl methyl sites for hydroxylation is 2. The van der Waals surface area contributed by atoms with Crippen molar-refractivity contribution in [2.75, 3.05) is 20.4 Å². The number of anilines is 9. The van der Waals surface area contributed by atoms with Gasteiger partial charge in [0.05, 0.1) is 45.1 Å². The maximum atomic E-state index is 4.31. The summed E-state index contributed by atoms with van der Waals surface area (Å²) in [5, 5.41) is 8.45. The van der Waals surface area contributed by atoms with Crippen LogP contribution in [-0.2, 0) is 17.3 Å². The second-order valence-corrected chi connectivity index (χ2v) is 27.2. The highest BCUT2D eigenvalue weighted by molar-refractivity contribution is 6.63. The molecule has 10 aromatic carbocycles. The molecular weight excluding hydrogens is 1100 g/mol. The molecule has 10 aromatic rings. The SMILES string of the molecule is Bc1c(B)c(B)c(C2=C(C)CC3(C)C(=C2)C2(CC)c4c(cccc4Nc4ccccc4Nc4c(C5=CCCC=C5)cccc4-c4ccccc4)Cc4ccc5c(c42)N3c2ccccc2C52c3ccccc3N(c3cc(C)c(C)c(C)c3)c3ccccc32)c(C)c1B. The molecular formula is C83H76B4N4. The number of nitrogens with zero attached hydrogens (tertiary/aromatic N) is 2. The van der Waals surface area contributed by atoms with Crippen molar-refractivity contribution in [1.29, 1.82) is 0 Å². The number of fused-ring (bicyclic) bond motifs is 13. The van der Waals surface area contributed by atoms with E-state index in [2.05, 4.69) is 313 Å². The van der Waals surface area contributed by atoms with Gasteiger partial charge in [-0.25, -0.2) is 0 Å². The van der Waals surface area contributed by atoms with E-state index >= 15 is 0 Å². The fourth-order valence-electron chi connectivity index (χ4n) is 18.0. The highest BCUT2D eigenvalue weighted by Crippen LogP contribution is 2.72. The zero-order valence-corrected chi connectivity index (χ0v) is 54.6. The van der Waals surface area contributed by atoms with Crippen LogP contribution >= 0.6 is 0 Å². The van der Waals surface area contributed by atoms with Crippen LogP contribution in [0.2, 0.25) is 0 Å².